The van der Waals surface area contributed by atoms with Crippen LogP contribution in [0.4, 0.5) is 0 Å². The van der Waals surface area contributed by atoms with Crippen LogP contribution in [0.15, 0.2) is 60.0 Å². The number of ether oxygens (including phenoxy) is 3. The van der Waals surface area contributed by atoms with Crippen LogP contribution in [0.3, 0.4) is 0 Å². The highest BCUT2D eigenvalue weighted by Crippen LogP contribution is 2.47. The molecule has 0 amide bonds. The van der Waals surface area contributed by atoms with Crippen molar-refractivity contribution in [3.8, 4) is 34.7 Å². The molecule has 0 saturated heterocycles. The lowest BCUT2D eigenvalue weighted by Crippen LogP contribution is -2.21. The van der Waals surface area contributed by atoms with E-state index < -0.39 is 5.92 Å². The lowest BCUT2D eigenvalue weighted by atomic mass is 9.82. The van der Waals surface area contributed by atoms with Crippen molar-refractivity contribution in [3.63, 3.8) is 0 Å². The molecule has 0 fully saturated rings. The molecule has 0 aliphatic carbocycles. The molecule has 0 saturated carbocycles. The van der Waals surface area contributed by atoms with E-state index in [0.29, 0.717) is 30.4 Å². The van der Waals surface area contributed by atoms with E-state index >= 15 is 0 Å². The van der Waals surface area contributed by atoms with E-state index in [1.54, 1.807) is 0 Å². The molecule has 7 heteroatoms. The van der Waals surface area contributed by atoms with Crippen molar-refractivity contribution in [2.24, 2.45) is 5.73 Å². The Balaban J connectivity index is 1.86. The number of para-hydroxylation sites is 1. The Morgan fingerprint density at radius 1 is 1.13 bits per heavy atom. The largest absolute Gasteiger partial charge is 0.494 e. The summed E-state index contributed by atoms with van der Waals surface area (Å²) in [6, 6.07) is 17.6. The van der Waals surface area contributed by atoms with Crippen LogP contribution in [-0.2, 0) is 0 Å². The Hall–Kier alpha value is -3.92. The molecule has 2 aromatic carbocycles. The normalized spacial score (nSPS) is 15.1. The first-order valence-corrected chi connectivity index (χ1v) is 10.3. The Kier molecular flexibility index (Phi) is 5.80. The lowest BCUT2D eigenvalue weighted by Gasteiger charge is -2.25. The number of nitrogens with one attached hydrogen (secondary N) is 1. The molecule has 0 spiro atoms. The number of nitriles is 1. The van der Waals surface area contributed by atoms with Gasteiger partial charge in [-0.15, -0.1) is 5.10 Å². The molecule has 31 heavy (non-hydrogen) atoms. The van der Waals surface area contributed by atoms with Gasteiger partial charge >= 0.3 is 0 Å². The number of aromatic amines is 1. The quantitative estimate of drug-likeness (QED) is 0.588. The van der Waals surface area contributed by atoms with E-state index in [4.69, 9.17) is 19.9 Å². The fourth-order valence-corrected chi connectivity index (χ4v) is 3.72. The second-order valence-corrected chi connectivity index (χ2v) is 7.09. The average Bonchev–Trinajstić information content (AvgIpc) is 3.21. The monoisotopic (exact) mass is 416 g/mol. The van der Waals surface area contributed by atoms with Crippen LogP contribution in [0.2, 0.25) is 0 Å². The molecule has 158 valence electrons. The van der Waals surface area contributed by atoms with Crippen LogP contribution in [0.5, 0.6) is 17.4 Å². The Labute approximate surface area is 181 Å². The predicted molar refractivity (Wildman–Crippen MR) is 117 cm³/mol. The number of fused-ring (bicyclic) bond motifs is 1. The summed E-state index contributed by atoms with van der Waals surface area (Å²) in [5.74, 6) is 1.43. The summed E-state index contributed by atoms with van der Waals surface area (Å²) >= 11 is 0. The van der Waals surface area contributed by atoms with Gasteiger partial charge in [0, 0.05) is 11.1 Å². The third-order valence-electron chi connectivity index (χ3n) is 5.08. The summed E-state index contributed by atoms with van der Waals surface area (Å²) in [5.41, 5.74) is 9.68. The molecular weight excluding hydrogens is 392 g/mol. The Bertz CT molecular complexity index is 1140. The number of rotatable bonds is 7. The summed E-state index contributed by atoms with van der Waals surface area (Å²) < 4.78 is 17.2. The second kappa shape index (κ2) is 8.84. The first-order valence-electron chi connectivity index (χ1n) is 10.3. The third-order valence-corrected chi connectivity index (χ3v) is 5.08. The van der Waals surface area contributed by atoms with Gasteiger partial charge in [-0.05, 0) is 43.7 Å². The molecular formula is C24H24N4O3. The van der Waals surface area contributed by atoms with Gasteiger partial charge in [0.1, 0.15) is 23.1 Å². The Morgan fingerprint density at radius 3 is 2.61 bits per heavy atom. The number of aromatic nitrogens is 2. The minimum absolute atomic E-state index is 0.0510. The van der Waals surface area contributed by atoms with Gasteiger partial charge in [0.2, 0.25) is 11.8 Å². The minimum Gasteiger partial charge on any atom is -0.494 e. The number of hydrogen-bond donors (Lipinski definition) is 2. The summed E-state index contributed by atoms with van der Waals surface area (Å²) in [5, 5.41) is 17.3. The molecule has 1 aromatic heterocycles. The number of hydrogen-bond acceptors (Lipinski definition) is 6. The first-order chi connectivity index (χ1) is 15.2. The molecule has 3 aromatic rings. The van der Waals surface area contributed by atoms with Crippen molar-refractivity contribution >= 4 is 0 Å². The van der Waals surface area contributed by atoms with Crippen LogP contribution in [-0.4, -0.2) is 23.4 Å². The lowest BCUT2D eigenvalue weighted by molar-refractivity contribution is 0.312. The zero-order valence-electron chi connectivity index (χ0n) is 17.5. The topological polar surface area (TPSA) is 106 Å². The second-order valence-electron chi connectivity index (χ2n) is 7.09. The van der Waals surface area contributed by atoms with Gasteiger partial charge in [-0.25, -0.2) is 0 Å². The van der Waals surface area contributed by atoms with E-state index in [9.17, 15) is 5.26 Å². The van der Waals surface area contributed by atoms with Crippen molar-refractivity contribution in [2.45, 2.75) is 26.2 Å². The zero-order chi connectivity index (χ0) is 21.8. The fraction of sp³-hybridized carbons (Fsp3) is 0.250. The zero-order valence-corrected chi connectivity index (χ0v) is 17.5. The molecule has 1 atom stereocenters. The Morgan fingerprint density at radius 2 is 1.90 bits per heavy atom. The number of H-pyrrole nitrogens is 1. The number of nitrogens with two attached hydrogens (primary N) is 1. The third kappa shape index (κ3) is 3.80. The van der Waals surface area contributed by atoms with Crippen LogP contribution < -0.4 is 19.9 Å². The highest BCUT2D eigenvalue weighted by Gasteiger charge is 2.37. The highest BCUT2D eigenvalue weighted by atomic mass is 16.5. The van der Waals surface area contributed by atoms with Gasteiger partial charge in [-0.3, -0.25) is 5.10 Å². The molecule has 7 nitrogen and oxygen atoms in total. The molecule has 0 unspecified atom stereocenters. The maximum absolute atomic E-state index is 9.92. The van der Waals surface area contributed by atoms with Gasteiger partial charge in [0.05, 0.1) is 30.4 Å². The molecule has 1 aliphatic heterocycles. The number of nitrogens with zero attached hydrogens (tertiary/aromatic N) is 2. The predicted octanol–water partition coefficient (Wildman–Crippen LogP) is 4.48. The molecule has 2 heterocycles. The van der Waals surface area contributed by atoms with Gasteiger partial charge in [-0.1, -0.05) is 25.1 Å². The van der Waals surface area contributed by atoms with Crippen LogP contribution in [0, 0.1) is 11.3 Å². The standard InChI is InChI=1S/C24H24N4O3/c1-3-13-30-19-8-6-5-7-17(19)20-18(14-25)23(26)31-24-21(20)22(27-28-24)15-9-11-16(12-10-15)29-4-2/h5-12,20H,3-4,13,26H2,1-2H3,(H,27,28)/t20-/m0/s1. The average molecular weight is 416 g/mol. The molecule has 0 bridgehead atoms. The summed E-state index contributed by atoms with van der Waals surface area (Å²) in [6.45, 7) is 5.16. The van der Waals surface area contributed by atoms with E-state index in [-0.39, 0.29) is 5.88 Å². The van der Waals surface area contributed by atoms with E-state index in [2.05, 4.69) is 16.3 Å². The molecule has 0 radical (unpaired) electrons. The van der Waals surface area contributed by atoms with Gasteiger partial charge in [-0.2, -0.15) is 5.26 Å². The van der Waals surface area contributed by atoms with Crippen LogP contribution in [0.1, 0.15) is 37.3 Å². The van der Waals surface area contributed by atoms with Crippen molar-refractivity contribution in [2.75, 3.05) is 13.2 Å². The first kappa shape index (κ1) is 20.4. The summed E-state index contributed by atoms with van der Waals surface area (Å²) in [7, 11) is 0. The van der Waals surface area contributed by atoms with Crippen molar-refractivity contribution in [1.29, 1.82) is 5.26 Å². The van der Waals surface area contributed by atoms with Gasteiger partial charge < -0.3 is 19.9 Å². The maximum atomic E-state index is 9.92. The maximum Gasteiger partial charge on any atom is 0.244 e. The van der Waals surface area contributed by atoms with Crippen LogP contribution in [0.25, 0.3) is 11.3 Å². The molecule has 4 rings (SSSR count). The molecule has 1 aliphatic rings. The van der Waals surface area contributed by atoms with E-state index in [0.717, 1.165) is 34.6 Å². The minimum atomic E-state index is -0.470. The highest BCUT2D eigenvalue weighted by molar-refractivity contribution is 5.72. The van der Waals surface area contributed by atoms with E-state index in [1.165, 1.54) is 0 Å². The van der Waals surface area contributed by atoms with Gasteiger partial charge in [0.15, 0.2) is 0 Å². The summed E-state index contributed by atoms with van der Waals surface area (Å²) in [6.07, 6.45) is 0.875. The van der Waals surface area contributed by atoms with Crippen molar-refractivity contribution < 1.29 is 14.2 Å². The van der Waals surface area contributed by atoms with E-state index in [1.807, 2.05) is 62.4 Å². The molecule has 3 N–H and O–H groups in total. The number of benzene rings is 2. The SMILES string of the molecule is CCCOc1ccccc1[C@H]1C(C#N)=C(N)Oc2n[nH]c(-c3ccc(OCC)cc3)c21. The fourth-order valence-electron chi connectivity index (χ4n) is 3.72. The summed E-state index contributed by atoms with van der Waals surface area (Å²) in [4.78, 5) is 0. The van der Waals surface area contributed by atoms with Gasteiger partial charge in [0.25, 0.3) is 0 Å². The van der Waals surface area contributed by atoms with Crippen molar-refractivity contribution in [3.05, 3.63) is 71.1 Å². The smallest absolute Gasteiger partial charge is 0.244 e. The van der Waals surface area contributed by atoms with Crippen molar-refractivity contribution in [1.82, 2.24) is 10.2 Å². The number of allylic oxidation sites excluding steroid dienone is 1. The van der Waals surface area contributed by atoms with Crippen LogP contribution >= 0.6 is 0 Å².